The summed E-state index contributed by atoms with van der Waals surface area (Å²) in [4.78, 5) is 29.4. The number of likely N-dealkylation sites (tertiary alicyclic amines) is 1. The van der Waals surface area contributed by atoms with Crippen molar-refractivity contribution in [1.29, 1.82) is 0 Å². The van der Waals surface area contributed by atoms with Crippen LogP contribution >= 0.6 is 11.3 Å². The summed E-state index contributed by atoms with van der Waals surface area (Å²) in [6, 6.07) is 7.96. The Labute approximate surface area is 169 Å². The Hall–Kier alpha value is -2.32. The Kier molecular flexibility index (Phi) is 7.50. The maximum absolute atomic E-state index is 12.6. The highest BCUT2D eigenvalue weighted by molar-refractivity contribution is 7.09. The highest BCUT2D eigenvalue weighted by Crippen LogP contribution is 2.15. The van der Waals surface area contributed by atoms with Crippen LogP contribution in [0.4, 0.5) is 4.79 Å². The zero-order chi connectivity index (χ0) is 19.8. The van der Waals surface area contributed by atoms with Crippen LogP contribution in [0.15, 0.2) is 40.3 Å². The summed E-state index contributed by atoms with van der Waals surface area (Å²) in [5.74, 6) is 0.838. The molecule has 0 unspecified atom stereocenters. The molecule has 7 nitrogen and oxygen atoms in total. The van der Waals surface area contributed by atoms with Crippen molar-refractivity contribution in [3.05, 3.63) is 46.5 Å². The van der Waals surface area contributed by atoms with Crippen molar-refractivity contribution in [2.45, 2.75) is 38.9 Å². The van der Waals surface area contributed by atoms with Crippen molar-refractivity contribution in [2.75, 3.05) is 26.2 Å². The molecule has 0 bridgehead atoms. The van der Waals surface area contributed by atoms with Gasteiger partial charge in [0.1, 0.15) is 5.76 Å². The van der Waals surface area contributed by atoms with Crippen molar-refractivity contribution in [1.82, 2.24) is 15.1 Å². The first-order valence-corrected chi connectivity index (χ1v) is 10.5. The summed E-state index contributed by atoms with van der Waals surface area (Å²) in [5, 5.41) is 5.15. The smallest absolute Gasteiger partial charge is 0.409 e. The van der Waals surface area contributed by atoms with E-state index in [1.165, 1.54) is 4.88 Å². The fraction of sp³-hybridized carbons (Fsp3) is 0.500. The topological polar surface area (TPSA) is 75.0 Å². The van der Waals surface area contributed by atoms with E-state index in [0.29, 0.717) is 39.3 Å². The lowest BCUT2D eigenvalue weighted by atomic mass is 10.1. The normalized spacial score (nSPS) is 15.0. The van der Waals surface area contributed by atoms with E-state index in [2.05, 4.69) is 16.3 Å². The van der Waals surface area contributed by atoms with Crippen molar-refractivity contribution in [3.63, 3.8) is 0 Å². The molecule has 28 heavy (non-hydrogen) atoms. The number of amides is 2. The number of rotatable bonds is 8. The van der Waals surface area contributed by atoms with Gasteiger partial charge in [0.2, 0.25) is 5.91 Å². The van der Waals surface area contributed by atoms with Gasteiger partial charge in [-0.05, 0) is 43.3 Å². The molecule has 1 N–H and O–H groups in total. The predicted molar refractivity (Wildman–Crippen MR) is 107 cm³/mol. The second-order valence-electron chi connectivity index (χ2n) is 6.83. The first-order valence-electron chi connectivity index (χ1n) is 9.62. The molecule has 0 aromatic carbocycles. The molecule has 1 fully saturated rings. The van der Waals surface area contributed by atoms with E-state index >= 15 is 0 Å². The van der Waals surface area contributed by atoms with Gasteiger partial charge in [-0.1, -0.05) is 6.07 Å². The van der Waals surface area contributed by atoms with Crippen LogP contribution in [0, 0.1) is 0 Å². The number of thiophene rings is 1. The summed E-state index contributed by atoms with van der Waals surface area (Å²) in [5.41, 5.74) is 0. The zero-order valence-corrected chi connectivity index (χ0v) is 17.0. The van der Waals surface area contributed by atoms with E-state index in [4.69, 9.17) is 9.15 Å². The Morgan fingerprint density at radius 2 is 2.11 bits per heavy atom. The van der Waals surface area contributed by atoms with Gasteiger partial charge in [0.15, 0.2) is 0 Å². The van der Waals surface area contributed by atoms with Gasteiger partial charge in [-0.25, -0.2) is 4.79 Å². The Morgan fingerprint density at radius 3 is 2.75 bits per heavy atom. The van der Waals surface area contributed by atoms with Gasteiger partial charge in [0.05, 0.1) is 26.0 Å². The molecule has 1 saturated heterocycles. The minimum absolute atomic E-state index is 0.00213. The second kappa shape index (κ2) is 10.3. The quantitative estimate of drug-likeness (QED) is 0.731. The van der Waals surface area contributed by atoms with Crippen LogP contribution in [0.5, 0.6) is 0 Å². The lowest BCUT2D eigenvalue weighted by molar-refractivity contribution is -0.123. The molecule has 0 saturated carbocycles. The monoisotopic (exact) mass is 405 g/mol. The van der Waals surface area contributed by atoms with Crippen LogP contribution in [0.1, 0.15) is 30.4 Å². The van der Waals surface area contributed by atoms with E-state index in [9.17, 15) is 9.59 Å². The number of carbonyl (C=O) groups is 2. The van der Waals surface area contributed by atoms with Crippen LogP contribution in [0.3, 0.4) is 0 Å². The number of piperidine rings is 1. The predicted octanol–water partition coefficient (Wildman–Crippen LogP) is 3.08. The number of nitrogens with one attached hydrogen (secondary N) is 1. The molecule has 0 atom stereocenters. The van der Waals surface area contributed by atoms with Gasteiger partial charge in [-0.15, -0.1) is 11.3 Å². The van der Waals surface area contributed by atoms with Crippen LogP contribution in [-0.2, 0) is 22.6 Å². The molecule has 0 spiro atoms. The van der Waals surface area contributed by atoms with Crippen molar-refractivity contribution >= 4 is 23.3 Å². The van der Waals surface area contributed by atoms with Gasteiger partial charge in [-0.3, -0.25) is 9.69 Å². The number of hydrogen-bond acceptors (Lipinski definition) is 6. The summed E-state index contributed by atoms with van der Waals surface area (Å²) >= 11 is 1.68. The van der Waals surface area contributed by atoms with Crippen LogP contribution in [0.2, 0.25) is 0 Å². The highest BCUT2D eigenvalue weighted by atomic mass is 32.1. The lowest BCUT2D eigenvalue weighted by Gasteiger charge is -2.32. The standard InChI is InChI=1S/C20H27N3O4S/c1-2-26-20(25)23-9-7-16(8-10-23)21-19(24)15-22(13-17-5-3-11-27-17)14-18-6-4-12-28-18/h3-6,11-12,16H,2,7-10,13-15H2,1H3,(H,21,24). The number of furan rings is 1. The summed E-state index contributed by atoms with van der Waals surface area (Å²) < 4.78 is 10.5. The van der Waals surface area contributed by atoms with Crippen molar-refractivity contribution < 1.29 is 18.7 Å². The maximum Gasteiger partial charge on any atom is 0.409 e. The molecule has 1 aliphatic heterocycles. The maximum atomic E-state index is 12.6. The molecule has 2 aromatic heterocycles. The summed E-state index contributed by atoms with van der Waals surface area (Å²) in [6.45, 7) is 4.98. The van der Waals surface area contributed by atoms with E-state index in [0.717, 1.165) is 18.6 Å². The van der Waals surface area contributed by atoms with Crippen LogP contribution in [-0.4, -0.2) is 54.1 Å². The van der Waals surface area contributed by atoms with E-state index in [-0.39, 0.29) is 18.0 Å². The third kappa shape index (κ3) is 6.10. The molecule has 152 valence electrons. The third-order valence-corrected chi connectivity index (χ3v) is 5.53. The van der Waals surface area contributed by atoms with E-state index in [1.54, 1.807) is 29.4 Å². The lowest BCUT2D eigenvalue weighted by Crippen LogP contribution is -2.48. The summed E-state index contributed by atoms with van der Waals surface area (Å²) in [6.07, 6.45) is 2.87. The van der Waals surface area contributed by atoms with Crippen molar-refractivity contribution in [3.8, 4) is 0 Å². The second-order valence-corrected chi connectivity index (χ2v) is 7.86. The minimum Gasteiger partial charge on any atom is -0.468 e. The molecule has 0 radical (unpaired) electrons. The first-order chi connectivity index (χ1) is 13.6. The number of carbonyl (C=O) groups excluding carboxylic acids is 2. The van der Waals surface area contributed by atoms with E-state index in [1.807, 2.05) is 23.6 Å². The van der Waals surface area contributed by atoms with Gasteiger partial charge in [0.25, 0.3) is 0 Å². The number of ether oxygens (including phenoxy) is 1. The van der Waals surface area contributed by atoms with Gasteiger partial charge in [-0.2, -0.15) is 0 Å². The SMILES string of the molecule is CCOC(=O)N1CCC(NC(=O)CN(Cc2ccco2)Cc2cccs2)CC1. The van der Waals surface area contributed by atoms with Gasteiger partial charge < -0.3 is 19.4 Å². The fourth-order valence-electron chi connectivity index (χ4n) is 3.31. The van der Waals surface area contributed by atoms with Gasteiger partial charge in [0, 0.05) is 30.6 Å². The number of nitrogens with zero attached hydrogens (tertiary/aromatic N) is 2. The molecular weight excluding hydrogens is 378 g/mol. The molecule has 3 rings (SSSR count). The zero-order valence-electron chi connectivity index (χ0n) is 16.1. The Balaban J connectivity index is 1.49. The average molecular weight is 406 g/mol. The first kappa shape index (κ1) is 20.4. The minimum atomic E-state index is -0.271. The fourth-order valence-corrected chi connectivity index (χ4v) is 4.06. The Morgan fingerprint density at radius 1 is 1.29 bits per heavy atom. The Bertz CT molecular complexity index is 688. The molecule has 1 aliphatic rings. The molecule has 2 aromatic rings. The molecular formula is C20H27N3O4S. The van der Waals surface area contributed by atoms with Crippen LogP contribution < -0.4 is 5.32 Å². The van der Waals surface area contributed by atoms with Gasteiger partial charge >= 0.3 is 6.09 Å². The third-order valence-electron chi connectivity index (χ3n) is 4.67. The van der Waals surface area contributed by atoms with Crippen molar-refractivity contribution in [2.24, 2.45) is 0 Å². The summed E-state index contributed by atoms with van der Waals surface area (Å²) in [7, 11) is 0. The molecule has 8 heteroatoms. The average Bonchev–Trinajstić information content (AvgIpc) is 3.36. The molecule has 3 heterocycles. The highest BCUT2D eigenvalue weighted by Gasteiger charge is 2.25. The molecule has 2 amide bonds. The van der Waals surface area contributed by atoms with Crippen LogP contribution in [0.25, 0.3) is 0 Å². The number of hydrogen-bond donors (Lipinski definition) is 1. The molecule has 0 aliphatic carbocycles. The van der Waals surface area contributed by atoms with E-state index < -0.39 is 0 Å². The largest absolute Gasteiger partial charge is 0.468 e.